The van der Waals surface area contributed by atoms with E-state index in [1.807, 2.05) is 13.8 Å². The second kappa shape index (κ2) is 4.93. The lowest BCUT2D eigenvalue weighted by molar-refractivity contribution is 0.292. The summed E-state index contributed by atoms with van der Waals surface area (Å²) in [6.07, 6.45) is 7.20. The quantitative estimate of drug-likeness (QED) is 0.857. The molecule has 0 saturated heterocycles. The third-order valence-corrected chi connectivity index (χ3v) is 7.24. The van der Waals surface area contributed by atoms with Gasteiger partial charge in [-0.1, -0.05) is 19.3 Å². The minimum atomic E-state index is -3.33. The van der Waals surface area contributed by atoms with E-state index in [4.69, 9.17) is 0 Å². The highest BCUT2D eigenvalue weighted by Gasteiger charge is 2.44. The molecule has 1 heterocycles. The van der Waals surface area contributed by atoms with Crippen molar-refractivity contribution in [1.29, 1.82) is 0 Å². The molecule has 2 rings (SSSR count). The maximum absolute atomic E-state index is 12.9. The van der Waals surface area contributed by atoms with Crippen LogP contribution in [0.3, 0.4) is 0 Å². The Morgan fingerprint density at radius 2 is 1.84 bits per heavy atom. The fourth-order valence-electron chi connectivity index (χ4n) is 3.14. The van der Waals surface area contributed by atoms with Gasteiger partial charge in [-0.3, -0.25) is 4.68 Å². The van der Waals surface area contributed by atoms with Crippen LogP contribution < -0.4 is 0 Å². The number of hydrogen-bond acceptors (Lipinski definition) is 3. The van der Waals surface area contributed by atoms with Gasteiger partial charge in [0.15, 0.2) is 9.84 Å². The van der Waals surface area contributed by atoms with Crippen molar-refractivity contribution >= 4 is 9.84 Å². The van der Waals surface area contributed by atoms with Crippen molar-refractivity contribution in [2.75, 3.05) is 0 Å². The molecule has 0 unspecified atom stereocenters. The highest BCUT2D eigenvalue weighted by atomic mass is 32.2. The maximum Gasteiger partial charge on any atom is 0.187 e. The Bertz CT molecular complexity index is 552. The van der Waals surface area contributed by atoms with E-state index in [1.165, 1.54) is 6.42 Å². The lowest BCUT2D eigenvalue weighted by Gasteiger charge is -2.36. The standard InChI is InChI=1S/C14H24N2O2S/c1-11-13(10-16(4)15-11)19(17,18)14(2,3)12-8-6-5-7-9-12/h10,12H,5-9H2,1-4H3. The lowest BCUT2D eigenvalue weighted by Crippen LogP contribution is -2.41. The van der Waals surface area contributed by atoms with Gasteiger partial charge in [-0.2, -0.15) is 5.10 Å². The van der Waals surface area contributed by atoms with Crippen molar-refractivity contribution in [1.82, 2.24) is 9.78 Å². The molecular formula is C14H24N2O2S. The number of hydrogen-bond donors (Lipinski definition) is 0. The van der Waals surface area contributed by atoms with Gasteiger partial charge < -0.3 is 0 Å². The van der Waals surface area contributed by atoms with Crippen LogP contribution in [-0.4, -0.2) is 22.9 Å². The molecule has 1 aromatic heterocycles. The highest BCUT2D eigenvalue weighted by molar-refractivity contribution is 7.92. The van der Waals surface area contributed by atoms with E-state index >= 15 is 0 Å². The first kappa shape index (κ1) is 14.6. The van der Waals surface area contributed by atoms with E-state index in [0.717, 1.165) is 25.7 Å². The van der Waals surface area contributed by atoms with Gasteiger partial charge in [0.2, 0.25) is 0 Å². The van der Waals surface area contributed by atoms with Gasteiger partial charge in [-0.05, 0) is 39.5 Å². The van der Waals surface area contributed by atoms with Gasteiger partial charge in [0.1, 0.15) is 4.90 Å². The largest absolute Gasteiger partial charge is 0.274 e. The minimum absolute atomic E-state index is 0.255. The molecule has 0 aromatic carbocycles. The van der Waals surface area contributed by atoms with Crippen LogP contribution in [0.2, 0.25) is 0 Å². The zero-order valence-corrected chi connectivity index (χ0v) is 13.1. The van der Waals surface area contributed by atoms with E-state index < -0.39 is 14.6 Å². The van der Waals surface area contributed by atoms with Crippen molar-refractivity contribution in [2.45, 2.75) is 62.5 Å². The predicted molar refractivity (Wildman–Crippen MR) is 75.8 cm³/mol. The molecule has 1 aliphatic carbocycles. The summed E-state index contributed by atoms with van der Waals surface area (Å²) in [6.45, 7) is 5.53. The third-order valence-electron chi connectivity index (χ3n) is 4.54. The molecule has 1 aromatic rings. The van der Waals surface area contributed by atoms with Crippen LogP contribution in [0.15, 0.2) is 11.1 Å². The van der Waals surface area contributed by atoms with Gasteiger partial charge in [0.25, 0.3) is 0 Å². The number of aryl methyl sites for hydroxylation is 2. The van der Waals surface area contributed by atoms with E-state index in [1.54, 1.807) is 24.9 Å². The zero-order chi connectivity index (χ0) is 14.3. The Kier molecular flexibility index (Phi) is 3.78. The molecule has 4 nitrogen and oxygen atoms in total. The van der Waals surface area contributed by atoms with Gasteiger partial charge in [-0.25, -0.2) is 8.42 Å². The molecule has 1 saturated carbocycles. The summed E-state index contributed by atoms with van der Waals surface area (Å²) in [4.78, 5) is 0.394. The summed E-state index contributed by atoms with van der Waals surface area (Å²) in [5.74, 6) is 0.255. The Morgan fingerprint density at radius 3 is 2.32 bits per heavy atom. The van der Waals surface area contributed by atoms with Crippen LogP contribution in [0.5, 0.6) is 0 Å². The number of sulfone groups is 1. The fourth-order valence-corrected chi connectivity index (χ4v) is 5.10. The molecule has 0 radical (unpaired) electrons. The van der Waals surface area contributed by atoms with E-state index in [9.17, 15) is 8.42 Å². The predicted octanol–water partition coefficient (Wildman–Crippen LogP) is 2.86. The second-order valence-electron chi connectivity index (χ2n) is 6.19. The van der Waals surface area contributed by atoms with Gasteiger partial charge in [0, 0.05) is 13.2 Å². The Labute approximate surface area is 116 Å². The van der Waals surface area contributed by atoms with Crippen molar-refractivity contribution < 1.29 is 8.42 Å². The van der Waals surface area contributed by atoms with E-state index in [0.29, 0.717) is 10.6 Å². The van der Waals surface area contributed by atoms with E-state index in [-0.39, 0.29) is 5.92 Å². The Hall–Kier alpha value is -0.840. The molecule has 5 heteroatoms. The van der Waals surface area contributed by atoms with Gasteiger partial charge >= 0.3 is 0 Å². The average molecular weight is 284 g/mol. The molecule has 0 bridgehead atoms. The summed E-state index contributed by atoms with van der Waals surface area (Å²) < 4.78 is 26.7. The first-order valence-electron chi connectivity index (χ1n) is 7.01. The number of rotatable bonds is 3. The normalized spacial score (nSPS) is 18.7. The molecule has 0 N–H and O–H groups in total. The minimum Gasteiger partial charge on any atom is -0.274 e. The zero-order valence-electron chi connectivity index (χ0n) is 12.3. The van der Waals surface area contributed by atoms with Crippen LogP contribution in [0.4, 0.5) is 0 Å². The SMILES string of the molecule is Cc1nn(C)cc1S(=O)(=O)C(C)(C)C1CCCCC1. The molecule has 0 spiro atoms. The van der Waals surface area contributed by atoms with Crippen LogP contribution >= 0.6 is 0 Å². The molecule has 0 amide bonds. The Morgan fingerprint density at radius 1 is 1.26 bits per heavy atom. The smallest absolute Gasteiger partial charge is 0.187 e. The maximum atomic E-state index is 12.9. The summed E-state index contributed by atoms with van der Waals surface area (Å²) >= 11 is 0. The van der Waals surface area contributed by atoms with Crippen LogP contribution in [0.25, 0.3) is 0 Å². The first-order chi connectivity index (χ1) is 8.76. The van der Waals surface area contributed by atoms with E-state index in [2.05, 4.69) is 5.10 Å². The molecule has 108 valence electrons. The monoisotopic (exact) mass is 284 g/mol. The number of aromatic nitrogens is 2. The lowest BCUT2D eigenvalue weighted by atomic mass is 9.81. The summed E-state index contributed by atoms with van der Waals surface area (Å²) in [6, 6.07) is 0. The van der Waals surface area contributed by atoms with Crippen LogP contribution in [0.1, 0.15) is 51.6 Å². The molecule has 1 aliphatic rings. The topological polar surface area (TPSA) is 52.0 Å². The van der Waals surface area contributed by atoms with Gasteiger partial charge in [0.05, 0.1) is 10.4 Å². The van der Waals surface area contributed by atoms with Crippen molar-refractivity contribution in [2.24, 2.45) is 13.0 Å². The van der Waals surface area contributed by atoms with Crippen LogP contribution in [-0.2, 0) is 16.9 Å². The first-order valence-corrected chi connectivity index (χ1v) is 8.50. The molecule has 0 aliphatic heterocycles. The molecule has 19 heavy (non-hydrogen) atoms. The summed E-state index contributed by atoms with van der Waals surface area (Å²) in [5.41, 5.74) is 0.603. The summed E-state index contributed by atoms with van der Waals surface area (Å²) in [5, 5.41) is 4.17. The van der Waals surface area contributed by atoms with Crippen molar-refractivity contribution in [3.05, 3.63) is 11.9 Å². The fraction of sp³-hybridized carbons (Fsp3) is 0.786. The van der Waals surface area contributed by atoms with Gasteiger partial charge in [-0.15, -0.1) is 0 Å². The third kappa shape index (κ3) is 2.45. The summed E-state index contributed by atoms with van der Waals surface area (Å²) in [7, 11) is -1.57. The Balaban J connectivity index is 2.40. The van der Waals surface area contributed by atoms with Crippen LogP contribution in [0, 0.1) is 12.8 Å². The molecule has 1 fully saturated rings. The van der Waals surface area contributed by atoms with Crippen molar-refractivity contribution in [3.8, 4) is 0 Å². The second-order valence-corrected chi connectivity index (χ2v) is 8.69. The number of nitrogens with zero attached hydrogens (tertiary/aromatic N) is 2. The van der Waals surface area contributed by atoms with Crippen molar-refractivity contribution in [3.63, 3.8) is 0 Å². The molecular weight excluding hydrogens is 260 g/mol. The highest BCUT2D eigenvalue weighted by Crippen LogP contribution is 2.40. The molecule has 0 atom stereocenters. The average Bonchev–Trinajstić information content (AvgIpc) is 2.70.